The van der Waals surface area contributed by atoms with Crippen LogP contribution in [0.3, 0.4) is 0 Å². The molecule has 1 aromatic rings. The van der Waals surface area contributed by atoms with Crippen LogP contribution in [0.4, 0.5) is 0 Å². The lowest BCUT2D eigenvalue weighted by molar-refractivity contribution is -0.143. The summed E-state index contributed by atoms with van der Waals surface area (Å²) < 4.78 is 5.18. The van der Waals surface area contributed by atoms with E-state index in [1.807, 2.05) is 13.8 Å². The summed E-state index contributed by atoms with van der Waals surface area (Å²) in [5.74, 6) is -0.973. The van der Waals surface area contributed by atoms with Gasteiger partial charge in [0.15, 0.2) is 0 Å². The number of ether oxygens (including phenoxy) is 1. The first-order valence-electron chi connectivity index (χ1n) is 6.96. The molecular formula is C16H23NO4. The lowest BCUT2D eigenvalue weighted by Gasteiger charge is -2.16. The van der Waals surface area contributed by atoms with Crippen LogP contribution >= 0.6 is 0 Å². The van der Waals surface area contributed by atoms with Crippen molar-refractivity contribution in [1.82, 2.24) is 4.90 Å². The van der Waals surface area contributed by atoms with E-state index in [9.17, 15) is 14.7 Å². The summed E-state index contributed by atoms with van der Waals surface area (Å²) in [4.78, 5) is 24.4. The van der Waals surface area contributed by atoms with Crippen LogP contribution in [0.1, 0.15) is 19.4 Å². The largest absolute Gasteiger partial charge is 0.481 e. The molecule has 0 saturated heterocycles. The molecule has 1 N–H and O–H groups in total. The minimum atomic E-state index is -0.786. The van der Waals surface area contributed by atoms with Crippen molar-refractivity contribution >= 4 is 11.9 Å². The van der Waals surface area contributed by atoms with E-state index in [2.05, 4.69) is 0 Å². The van der Waals surface area contributed by atoms with Gasteiger partial charge >= 0.3 is 11.9 Å². The quantitative estimate of drug-likeness (QED) is 0.615. The summed E-state index contributed by atoms with van der Waals surface area (Å²) in [5.41, 5.74) is 0.920. The van der Waals surface area contributed by atoms with Crippen LogP contribution in [0.2, 0.25) is 0 Å². The van der Waals surface area contributed by atoms with Crippen molar-refractivity contribution in [3.05, 3.63) is 29.8 Å². The number of rotatable bonds is 7. The van der Waals surface area contributed by atoms with Crippen LogP contribution in [0.25, 0.3) is 0 Å². The lowest BCUT2D eigenvalue weighted by atomic mass is 9.89. The van der Waals surface area contributed by atoms with Gasteiger partial charge in [-0.2, -0.15) is 0 Å². The first-order valence-corrected chi connectivity index (χ1v) is 6.96. The monoisotopic (exact) mass is 293 g/mol. The molecule has 0 aromatic heterocycles. The highest BCUT2D eigenvalue weighted by atomic mass is 16.5. The van der Waals surface area contributed by atoms with Gasteiger partial charge in [-0.3, -0.25) is 14.5 Å². The Morgan fingerprint density at radius 1 is 1.19 bits per heavy atom. The van der Waals surface area contributed by atoms with Crippen molar-refractivity contribution in [2.75, 3.05) is 20.6 Å². The molecule has 0 aliphatic rings. The topological polar surface area (TPSA) is 66.8 Å². The highest BCUT2D eigenvalue weighted by Crippen LogP contribution is 2.20. The Balaban J connectivity index is 2.65. The van der Waals surface area contributed by atoms with Gasteiger partial charge in [0.25, 0.3) is 0 Å². The van der Waals surface area contributed by atoms with E-state index in [0.29, 0.717) is 12.2 Å². The Kier molecular flexibility index (Phi) is 6.37. The molecule has 0 saturated carbocycles. The molecule has 116 valence electrons. The van der Waals surface area contributed by atoms with E-state index in [0.717, 1.165) is 5.56 Å². The number of carbonyl (C=O) groups is 2. The molecule has 5 nitrogen and oxygen atoms in total. The summed E-state index contributed by atoms with van der Waals surface area (Å²) in [7, 11) is 3.59. The normalized spacial score (nSPS) is 12.5. The number of hydrogen-bond acceptors (Lipinski definition) is 4. The molecule has 1 aromatic carbocycles. The van der Waals surface area contributed by atoms with E-state index in [1.54, 1.807) is 43.3 Å². The van der Waals surface area contributed by atoms with Crippen molar-refractivity contribution in [3.63, 3.8) is 0 Å². The molecule has 0 aliphatic carbocycles. The summed E-state index contributed by atoms with van der Waals surface area (Å²) in [6, 6.07) is 7.00. The number of likely N-dealkylation sites (N-methyl/N-ethyl adjacent to an activating group) is 1. The maximum Gasteiger partial charge on any atom is 0.325 e. The van der Waals surface area contributed by atoms with Gasteiger partial charge in [-0.05, 0) is 44.1 Å². The maximum atomic E-state index is 11.5. The van der Waals surface area contributed by atoms with Crippen molar-refractivity contribution in [3.8, 4) is 5.75 Å². The number of carbonyl (C=O) groups excluding carboxylic acids is 1. The molecule has 0 spiro atoms. The molecule has 0 amide bonds. The van der Waals surface area contributed by atoms with Gasteiger partial charge in [0.1, 0.15) is 5.75 Å². The zero-order valence-corrected chi connectivity index (χ0v) is 13.0. The van der Waals surface area contributed by atoms with E-state index < -0.39 is 11.9 Å². The minimum absolute atomic E-state index is 0.0695. The number of hydrogen-bond donors (Lipinski definition) is 1. The molecule has 21 heavy (non-hydrogen) atoms. The Morgan fingerprint density at radius 3 is 2.19 bits per heavy atom. The van der Waals surface area contributed by atoms with Gasteiger partial charge < -0.3 is 9.84 Å². The molecule has 1 atom stereocenters. The summed E-state index contributed by atoms with van der Waals surface area (Å²) in [6.07, 6.45) is 0.471. The maximum absolute atomic E-state index is 11.5. The molecule has 0 bridgehead atoms. The van der Waals surface area contributed by atoms with Crippen molar-refractivity contribution in [2.45, 2.75) is 20.3 Å². The zero-order chi connectivity index (χ0) is 16.0. The number of esters is 1. The number of nitrogens with zero attached hydrogens (tertiary/aromatic N) is 1. The summed E-state index contributed by atoms with van der Waals surface area (Å²) >= 11 is 0. The second kappa shape index (κ2) is 7.78. The zero-order valence-electron chi connectivity index (χ0n) is 13.0. The van der Waals surface area contributed by atoms with Crippen LogP contribution in [0.15, 0.2) is 24.3 Å². The highest BCUT2D eigenvalue weighted by molar-refractivity contribution is 5.74. The number of carboxylic acids is 1. The van der Waals surface area contributed by atoms with E-state index in [4.69, 9.17) is 4.74 Å². The molecule has 0 aliphatic heterocycles. The van der Waals surface area contributed by atoms with Gasteiger partial charge in [-0.15, -0.1) is 0 Å². The fourth-order valence-corrected chi connectivity index (χ4v) is 1.98. The van der Waals surface area contributed by atoms with Crippen molar-refractivity contribution in [2.24, 2.45) is 11.8 Å². The summed E-state index contributed by atoms with van der Waals surface area (Å²) in [5, 5.41) is 9.19. The third kappa shape index (κ3) is 5.95. The number of aliphatic carboxylic acids is 1. The average molecular weight is 293 g/mol. The van der Waals surface area contributed by atoms with Crippen molar-refractivity contribution < 1.29 is 19.4 Å². The van der Waals surface area contributed by atoms with Crippen molar-refractivity contribution in [1.29, 1.82) is 0 Å². The third-order valence-electron chi connectivity index (χ3n) is 3.18. The second-order valence-corrected chi connectivity index (χ2v) is 5.75. The number of benzene rings is 1. The van der Waals surface area contributed by atoms with Crippen LogP contribution in [0, 0.1) is 11.8 Å². The lowest BCUT2D eigenvalue weighted by Crippen LogP contribution is -2.25. The molecule has 0 unspecified atom stereocenters. The Hall–Kier alpha value is -1.88. The standard InChI is InChI=1S/C16H23NO4/c1-11(2)14(16(19)20)9-12-5-7-13(8-6-12)21-15(18)10-17(3)4/h5-8,11,14H,9-10H2,1-4H3,(H,19,20)/t14-/m1/s1. The van der Waals surface area contributed by atoms with E-state index in [-0.39, 0.29) is 18.4 Å². The molecule has 0 heterocycles. The highest BCUT2D eigenvalue weighted by Gasteiger charge is 2.21. The molecular weight excluding hydrogens is 270 g/mol. The van der Waals surface area contributed by atoms with Gasteiger partial charge in [0, 0.05) is 0 Å². The summed E-state index contributed by atoms with van der Waals surface area (Å²) in [6.45, 7) is 4.02. The fourth-order valence-electron chi connectivity index (χ4n) is 1.98. The Labute approximate surface area is 125 Å². The predicted octanol–water partition coefficient (Wildman–Crippen LogP) is 2.05. The molecule has 0 radical (unpaired) electrons. The van der Waals surface area contributed by atoms with E-state index >= 15 is 0 Å². The smallest absolute Gasteiger partial charge is 0.325 e. The molecule has 0 fully saturated rings. The SMILES string of the molecule is CC(C)[C@@H](Cc1ccc(OC(=O)CN(C)C)cc1)C(=O)O. The average Bonchev–Trinajstić information content (AvgIpc) is 2.35. The third-order valence-corrected chi connectivity index (χ3v) is 3.18. The van der Waals surface area contributed by atoms with Crippen LogP contribution < -0.4 is 4.74 Å². The van der Waals surface area contributed by atoms with Crippen LogP contribution in [0.5, 0.6) is 5.75 Å². The Bertz CT molecular complexity index is 480. The first kappa shape index (κ1) is 17.2. The van der Waals surface area contributed by atoms with Gasteiger partial charge in [0.2, 0.25) is 0 Å². The van der Waals surface area contributed by atoms with Gasteiger partial charge in [-0.1, -0.05) is 26.0 Å². The van der Waals surface area contributed by atoms with Gasteiger partial charge in [0.05, 0.1) is 12.5 Å². The predicted molar refractivity (Wildman–Crippen MR) is 80.3 cm³/mol. The van der Waals surface area contributed by atoms with E-state index in [1.165, 1.54) is 0 Å². The first-order chi connectivity index (χ1) is 9.79. The van der Waals surface area contributed by atoms with Crippen LogP contribution in [-0.4, -0.2) is 42.6 Å². The minimum Gasteiger partial charge on any atom is -0.481 e. The van der Waals surface area contributed by atoms with Gasteiger partial charge in [-0.25, -0.2) is 0 Å². The second-order valence-electron chi connectivity index (χ2n) is 5.75. The molecule has 5 heteroatoms. The fraction of sp³-hybridized carbons (Fsp3) is 0.500. The molecule has 1 rings (SSSR count). The Morgan fingerprint density at radius 2 is 1.76 bits per heavy atom. The number of carboxylic acid groups (broad SMARTS) is 1. The van der Waals surface area contributed by atoms with Crippen LogP contribution in [-0.2, 0) is 16.0 Å².